The van der Waals surface area contributed by atoms with Gasteiger partial charge in [0.1, 0.15) is 29.8 Å². The summed E-state index contributed by atoms with van der Waals surface area (Å²) in [5.41, 5.74) is -12.7. The Morgan fingerprint density at radius 2 is 1.06 bits per heavy atom. The molecule has 0 saturated heterocycles. The molecule has 0 aliphatic rings. The minimum absolute atomic E-state index is 0.107. The van der Waals surface area contributed by atoms with Gasteiger partial charge in [-0.25, -0.2) is 0 Å². The summed E-state index contributed by atoms with van der Waals surface area (Å²) in [6.45, 7) is 0. The standard InChI is InChI=1S/C22H4F9N5/c23-20(24,25)16-3-11(4-17(15(16)9-36)21(26,27)28)14(8-35)19-12(5-32)1-10(13(6-33)7-34)2-18(19)22(29,30)31/h1-4H/b19-14-. The molecule has 0 aliphatic heterocycles. The molecule has 180 valence electrons. The van der Waals surface area contributed by atoms with Gasteiger partial charge in [-0.1, -0.05) is 0 Å². The lowest BCUT2D eigenvalue weighted by Gasteiger charge is -2.17. The maximum Gasteiger partial charge on any atom is 0.417 e. The number of nitriles is 5. The van der Waals surface area contributed by atoms with Crippen molar-refractivity contribution in [1.29, 1.82) is 26.3 Å². The third-order valence-corrected chi connectivity index (χ3v) is 4.59. The van der Waals surface area contributed by atoms with Crippen molar-refractivity contribution in [3.05, 3.63) is 68.1 Å². The van der Waals surface area contributed by atoms with Gasteiger partial charge in [0.15, 0.2) is 0 Å². The fourth-order valence-corrected chi connectivity index (χ4v) is 3.14. The highest BCUT2D eigenvalue weighted by Gasteiger charge is 2.42. The maximum atomic E-state index is 13.9. The third kappa shape index (κ3) is 5.06. The molecule has 14 heteroatoms. The van der Waals surface area contributed by atoms with E-state index in [2.05, 4.69) is 0 Å². The van der Waals surface area contributed by atoms with Gasteiger partial charge < -0.3 is 0 Å². The molecular weight excluding hydrogens is 505 g/mol. The van der Waals surface area contributed by atoms with Crippen LogP contribution in [0.2, 0.25) is 0 Å². The second kappa shape index (κ2) is 9.33. The number of hydrogen-bond donors (Lipinski definition) is 0. The molecule has 0 atom stereocenters. The summed E-state index contributed by atoms with van der Waals surface area (Å²) in [6.07, 6.45) is -16.6. The quantitative estimate of drug-likeness (QED) is 0.528. The largest absolute Gasteiger partial charge is 0.417 e. The fourth-order valence-electron chi connectivity index (χ4n) is 3.14. The first-order valence-electron chi connectivity index (χ1n) is 8.88. The van der Waals surface area contributed by atoms with Gasteiger partial charge in [-0.3, -0.25) is 0 Å². The van der Waals surface area contributed by atoms with E-state index in [-0.39, 0.29) is 18.2 Å². The molecule has 2 aromatic carbocycles. The van der Waals surface area contributed by atoms with Gasteiger partial charge in [-0.2, -0.15) is 65.8 Å². The minimum Gasteiger partial charge on any atom is -0.192 e. The van der Waals surface area contributed by atoms with E-state index in [0.717, 1.165) is 12.1 Å². The van der Waals surface area contributed by atoms with Crippen LogP contribution >= 0.6 is 0 Å². The van der Waals surface area contributed by atoms with Gasteiger partial charge in [0.05, 0.1) is 39.5 Å². The number of rotatable bonds is 1. The first-order chi connectivity index (χ1) is 16.5. The summed E-state index contributed by atoms with van der Waals surface area (Å²) in [6, 6.07) is 6.18. The van der Waals surface area contributed by atoms with E-state index >= 15 is 0 Å². The highest BCUT2D eigenvalue weighted by Crippen LogP contribution is 2.41. The Morgan fingerprint density at radius 1 is 0.583 bits per heavy atom. The molecule has 5 nitrogen and oxygen atoms in total. The van der Waals surface area contributed by atoms with Crippen LogP contribution in [0.5, 0.6) is 0 Å². The Labute approximate surface area is 194 Å². The van der Waals surface area contributed by atoms with Crippen LogP contribution in [0, 0.1) is 56.7 Å². The molecule has 0 fully saturated rings. The van der Waals surface area contributed by atoms with Crippen LogP contribution in [0.3, 0.4) is 0 Å². The van der Waals surface area contributed by atoms with E-state index in [1.807, 2.05) is 0 Å². The average Bonchev–Trinajstić information content (AvgIpc) is 2.78. The molecule has 0 saturated carbocycles. The molecule has 2 rings (SSSR count). The molecular formula is C22H4F9N5. The number of benzene rings is 2. The van der Waals surface area contributed by atoms with Crippen molar-refractivity contribution < 1.29 is 39.5 Å². The Hall–Kier alpha value is -5.00. The van der Waals surface area contributed by atoms with E-state index in [9.17, 15) is 50.0 Å². The first kappa shape index (κ1) is 27.2. The van der Waals surface area contributed by atoms with Crippen LogP contribution in [-0.4, -0.2) is 0 Å². The molecule has 0 radical (unpaired) electrons. The molecule has 0 N–H and O–H groups in total. The third-order valence-electron chi connectivity index (χ3n) is 4.59. The molecule has 0 spiro atoms. The smallest absolute Gasteiger partial charge is 0.192 e. The number of alkyl halides is 9. The SMILES string of the molecule is N#CC(C#N)=c1cc(C#N)/c(=C(\C#N)c2cc(C(F)(F)F)c(C#N)c(C(F)(F)F)c2)c(C(F)(F)F)c1. The molecule has 0 amide bonds. The second-order valence-corrected chi connectivity index (χ2v) is 6.70. The summed E-state index contributed by atoms with van der Waals surface area (Å²) in [4.78, 5) is 0. The van der Waals surface area contributed by atoms with E-state index in [1.165, 1.54) is 18.2 Å². The van der Waals surface area contributed by atoms with Crippen molar-refractivity contribution in [3.8, 4) is 30.3 Å². The predicted octanol–water partition coefficient (Wildman–Crippen LogP) is 4.41. The topological polar surface area (TPSA) is 119 Å². The lowest BCUT2D eigenvalue weighted by molar-refractivity contribution is -0.143. The molecule has 0 heterocycles. The summed E-state index contributed by atoms with van der Waals surface area (Å²) in [5.74, 6) is 0. The van der Waals surface area contributed by atoms with Gasteiger partial charge in [0, 0.05) is 10.4 Å². The van der Waals surface area contributed by atoms with E-state index in [0.29, 0.717) is 6.07 Å². The Bertz CT molecular complexity index is 1540. The van der Waals surface area contributed by atoms with E-state index < -0.39 is 73.5 Å². The van der Waals surface area contributed by atoms with Crippen LogP contribution in [-0.2, 0) is 18.5 Å². The average molecular weight is 509 g/mol. The molecule has 36 heavy (non-hydrogen) atoms. The summed E-state index contributed by atoms with van der Waals surface area (Å²) in [7, 11) is 0. The van der Waals surface area contributed by atoms with Crippen molar-refractivity contribution in [2.75, 3.05) is 0 Å². The monoisotopic (exact) mass is 509 g/mol. The van der Waals surface area contributed by atoms with Crippen LogP contribution in [0.15, 0.2) is 24.3 Å². The Balaban J connectivity index is 3.37. The van der Waals surface area contributed by atoms with Crippen LogP contribution in [0.25, 0.3) is 11.1 Å². The van der Waals surface area contributed by atoms with Gasteiger partial charge in [0.25, 0.3) is 0 Å². The summed E-state index contributed by atoms with van der Waals surface area (Å²) >= 11 is 0. The maximum absolute atomic E-state index is 13.9. The first-order valence-corrected chi connectivity index (χ1v) is 8.88. The molecule has 0 unspecified atom stereocenters. The number of hydrogen-bond acceptors (Lipinski definition) is 5. The van der Waals surface area contributed by atoms with Crippen molar-refractivity contribution in [2.45, 2.75) is 18.5 Å². The van der Waals surface area contributed by atoms with Crippen LogP contribution in [0.1, 0.15) is 33.4 Å². The highest BCUT2D eigenvalue weighted by molar-refractivity contribution is 5.80. The number of nitrogens with zero attached hydrogens (tertiary/aromatic N) is 5. The normalized spacial score (nSPS) is 12.3. The molecule has 0 bridgehead atoms. The minimum atomic E-state index is -5.58. The second-order valence-electron chi connectivity index (χ2n) is 6.70. The van der Waals surface area contributed by atoms with Gasteiger partial charge >= 0.3 is 18.5 Å². The van der Waals surface area contributed by atoms with Crippen LogP contribution < -0.4 is 10.4 Å². The summed E-state index contributed by atoms with van der Waals surface area (Å²) < 4.78 is 123. The zero-order valence-electron chi connectivity index (χ0n) is 16.9. The van der Waals surface area contributed by atoms with Crippen molar-refractivity contribution in [1.82, 2.24) is 0 Å². The highest BCUT2D eigenvalue weighted by atomic mass is 19.4. The van der Waals surface area contributed by atoms with Gasteiger partial charge in [-0.15, -0.1) is 0 Å². The lowest BCUT2D eigenvalue weighted by Crippen LogP contribution is -2.29. The van der Waals surface area contributed by atoms with Crippen molar-refractivity contribution in [3.63, 3.8) is 0 Å². The Morgan fingerprint density at radius 3 is 1.39 bits per heavy atom. The summed E-state index contributed by atoms with van der Waals surface area (Å²) in [5, 5.41) is 43.6. The zero-order chi connectivity index (χ0) is 27.6. The van der Waals surface area contributed by atoms with Gasteiger partial charge in [0.2, 0.25) is 0 Å². The number of halogens is 9. The molecule has 2 aromatic rings. The van der Waals surface area contributed by atoms with E-state index in [1.54, 1.807) is 0 Å². The van der Waals surface area contributed by atoms with E-state index in [4.69, 9.17) is 15.8 Å². The van der Waals surface area contributed by atoms with Crippen LogP contribution in [0.4, 0.5) is 39.5 Å². The fraction of sp³-hybridized carbons (Fsp3) is 0.136. The predicted molar refractivity (Wildman–Crippen MR) is 99.3 cm³/mol. The lowest BCUT2D eigenvalue weighted by atomic mass is 9.91. The van der Waals surface area contributed by atoms with Crippen molar-refractivity contribution in [2.24, 2.45) is 0 Å². The molecule has 0 aliphatic carbocycles. The molecule has 0 aromatic heterocycles. The van der Waals surface area contributed by atoms with Gasteiger partial charge in [-0.05, 0) is 29.8 Å². The Kier molecular flexibility index (Phi) is 7.06. The zero-order valence-corrected chi connectivity index (χ0v) is 16.9. The van der Waals surface area contributed by atoms with Crippen molar-refractivity contribution >= 4 is 11.1 Å².